The van der Waals surface area contributed by atoms with Crippen molar-refractivity contribution in [1.29, 1.82) is 0 Å². The van der Waals surface area contributed by atoms with Gasteiger partial charge < -0.3 is 9.79 Å². The van der Waals surface area contributed by atoms with E-state index in [9.17, 15) is 22.8 Å². The molecule has 3 aromatic rings. The Bertz CT molecular complexity index is 1180. The summed E-state index contributed by atoms with van der Waals surface area (Å²) >= 11 is 11.9. The summed E-state index contributed by atoms with van der Waals surface area (Å²) in [6.07, 6.45) is 1.59. The standard InChI is InChI=1S/C17H15Cl2N2O5PS/c1-11(27(22,23)24)21(15-4-5-17-12(7-15)3-2-6-20-17)28(25,26)16-9-13(18)8-14(19)10-16/h2-11H,1H3,(H2,22,23,24). The molecule has 28 heavy (non-hydrogen) atoms. The van der Waals surface area contributed by atoms with Crippen molar-refractivity contribution in [3.05, 3.63) is 64.8 Å². The number of halogens is 2. The van der Waals surface area contributed by atoms with Gasteiger partial charge in [0.2, 0.25) is 0 Å². The van der Waals surface area contributed by atoms with Crippen LogP contribution in [0.3, 0.4) is 0 Å². The molecule has 1 aromatic heterocycles. The summed E-state index contributed by atoms with van der Waals surface area (Å²) in [6, 6.07) is 11.6. The molecule has 1 heterocycles. The van der Waals surface area contributed by atoms with Crippen LogP contribution >= 0.6 is 30.8 Å². The Morgan fingerprint density at radius 2 is 1.71 bits per heavy atom. The van der Waals surface area contributed by atoms with Crippen molar-refractivity contribution < 1.29 is 22.8 Å². The fraction of sp³-hybridized carbons (Fsp3) is 0.118. The van der Waals surface area contributed by atoms with Gasteiger partial charge >= 0.3 is 7.60 Å². The van der Waals surface area contributed by atoms with E-state index in [1.807, 2.05) is 0 Å². The number of aromatic nitrogens is 1. The van der Waals surface area contributed by atoms with Crippen LogP contribution in [-0.4, -0.2) is 29.0 Å². The molecule has 0 amide bonds. The zero-order chi connectivity index (χ0) is 20.7. The molecule has 3 rings (SSSR count). The summed E-state index contributed by atoms with van der Waals surface area (Å²) < 4.78 is 39.3. The number of benzene rings is 2. The Morgan fingerprint density at radius 3 is 2.32 bits per heavy atom. The lowest BCUT2D eigenvalue weighted by atomic mass is 10.2. The van der Waals surface area contributed by atoms with Gasteiger partial charge in [-0.05, 0) is 49.4 Å². The average Bonchev–Trinajstić information content (AvgIpc) is 2.60. The largest absolute Gasteiger partial charge is 0.348 e. The molecule has 0 radical (unpaired) electrons. The summed E-state index contributed by atoms with van der Waals surface area (Å²) in [7, 11) is -9.21. The minimum absolute atomic E-state index is 0.0763. The van der Waals surface area contributed by atoms with Gasteiger partial charge in [0.1, 0.15) is 5.78 Å². The van der Waals surface area contributed by atoms with Crippen molar-refractivity contribution in [3.63, 3.8) is 0 Å². The number of hydrogen-bond donors (Lipinski definition) is 2. The van der Waals surface area contributed by atoms with Crippen molar-refractivity contribution >= 4 is 57.4 Å². The summed E-state index contributed by atoms with van der Waals surface area (Å²) in [6.45, 7) is 1.14. The van der Waals surface area contributed by atoms with Crippen LogP contribution in [0.15, 0.2) is 59.6 Å². The molecule has 1 atom stereocenters. The summed E-state index contributed by atoms with van der Waals surface area (Å²) in [5.41, 5.74) is 0.686. The molecule has 0 aliphatic rings. The van der Waals surface area contributed by atoms with E-state index in [0.29, 0.717) is 15.2 Å². The number of sulfonamides is 1. The van der Waals surface area contributed by atoms with Gasteiger partial charge in [0.05, 0.1) is 16.1 Å². The normalized spacial score (nSPS) is 13.5. The number of hydrogen-bond acceptors (Lipinski definition) is 4. The van der Waals surface area contributed by atoms with Crippen molar-refractivity contribution in [2.45, 2.75) is 17.6 Å². The summed E-state index contributed by atoms with van der Waals surface area (Å²) in [5, 5.41) is 0.775. The molecule has 11 heteroatoms. The van der Waals surface area contributed by atoms with E-state index < -0.39 is 23.4 Å². The topological polar surface area (TPSA) is 108 Å². The van der Waals surface area contributed by atoms with Gasteiger partial charge in [-0.15, -0.1) is 0 Å². The molecular formula is C17H15Cl2N2O5PS. The van der Waals surface area contributed by atoms with Crippen molar-refractivity contribution in [3.8, 4) is 0 Å². The van der Waals surface area contributed by atoms with Crippen molar-refractivity contribution in [2.24, 2.45) is 0 Å². The van der Waals surface area contributed by atoms with Crippen LogP contribution in [0.4, 0.5) is 5.69 Å². The number of anilines is 1. The van der Waals surface area contributed by atoms with Crippen LogP contribution in [-0.2, 0) is 14.6 Å². The van der Waals surface area contributed by atoms with Crippen LogP contribution in [0, 0.1) is 0 Å². The van der Waals surface area contributed by atoms with Gasteiger partial charge in [0, 0.05) is 21.6 Å². The smallest absolute Gasteiger partial charge is 0.323 e. The highest BCUT2D eigenvalue weighted by atomic mass is 35.5. The molecule has 2 N–H and O–H groups in total. The van der Waals surface area contributed by atoms with Gasteiger partial charge in [-0.2, -0.15) is 0 Å². The van der Waals surface area contributed by atoms with E-state index in [1.54, 1.807) is 24.4 Å². The molecule has 1 unspecified atom stereocenters. The summed E-state index contributed by atoms with van der Waals surface area (Å²) in [4.78, 5) is 23.3. The lowest BCUT2D eigenvalue weighted by Gasteiger charge is -2.31. The number of rotatable bonds is 5. The third kappa shape index (κ3) is 4.17. The highest BCUT2D eigenvalue weighted by molar-refractivity contribution is 7.93. The maximum atomic E-state index is 13.3. The fourth-order valence-electron chi connectivity index (χ4n) is 2.68. The second kappa shape index (κ2) is 7.63. The molecule has 0 saturated heterocycles. The second-order valence-electron chi connectivity index (χ2n) is 6.01. The molecule has 0 aliphatic heterocycles. The first-order valence-corrected chi connectivity index (χ1v) is 11.8. The van der Waals surface area contributed by atoms with E-state index in [4.69, 9.17) is 23.2 Å². The number of nitrogens with zero attached hydrogens (tertiary/aromatic N) is 2. The third-order valence-corrected chi connectivity index (χ3v) is 7.73. The van der Waals surface area contributed by atoms with Gasteiger partial charge in [0.15, 0.2) is 0 Å². The lowest BCUT2D eigenvalue weighted by Crippen LogP contribution is -2.38. The predicted molar refractivity (Wildman–Crippen MR) is 109 cm³/mol. The van der Waals surface area contributed by atoms with Gasteiger partial charge in [-0.1, -0.05) is 29.3 Å². The summed E-state index contributed by atoms with van der Waals surface area (Å²) in [5.74, 6) is -1.66. The maximum Gasteiger partial charge on any atom is 0.348 e. The number of fused-ring (bicyclic) bond motifs is 1. The van der Waals surface area contributed by atoms with E-state index in [1.165, 1.54) is 30.3 Å². The SMILES string of the molecule is CC(N(c1ccc2ncccc2c1)S(=O)(=O)c1cc(Cl)cc(Cl)c1)P(=O)(O)O. The molecule has 7 nitrogen and oxygen atoms in total. The average molecular weight is 461 g/mol. The first-order chi connectivity index (χ1) is 13.0. The van der Waals surface area contributed by atoms with Crippen LogP contribution < -0.4 is 4.31 Å². The van der Waals surface area contributed by atoms with E-state index in [-0.39, 0.29) is 20.6 Å². The van der Waals surface area contributed by atoms with Gasteiger partial charge in [-0.25, -0.2) is 8.42 Å². The Balaban J connectivity index is 2.25. The molecule has 0 fully saturated rings. The third-order valence-electron chi connectivity index (χ3n) is 4.06. The maximum absolute atomic E-state index is 13.3. The van der Waals surface area contributed by atoms with E-state index in [0.717, 1.165) is 6.92 Å². The monoisotopic (exact) mass is 460 g/mol. The van der Waals surface area contributed by atoms with Gasteiger partial charge in [-0.3, -0.25) is 13.9 Å². The highest BCUT2D eigenvalue weighted by Crippen LogP contribution is 2.46. The quantitative estimate of drug-likeness (QED) is 0.550. The minimum atomic E-state index is -4.81. The Morgan fingerprint density at radius 1 is 1.07 bits per heavy atom. The predicted octanol–water partition coefficient (Wildman–Crippen LogP) is 4.26. The zero-order valence-electron chi connectivity index (χ0n) is 14.4. The van der Waals surface area contributed by atoms with Crippen molar-refractivity contribution in [1.82, 2.24) is 4.98 Å². The second-order valence-corrected chi connectivity index (χ2v) is 10.6. The first kappa shape index (κ1) is 21.0. The molecular weight excluding hydrogens is 446 g/mol. The zero-order valence-corrected chi connectivity index (χ0v) is 17.6. The van der Waals surface area contributed by atoms with Crippen molar-refractivity contribution in [2.75, 3.05) is 4.31 Å². The van der Waals surface area contributed by atoms with E-state index in [2.05, 4.69) is 4.98 Å². The molecule has 0 aliphatic carbocycles. The minimum Gasteiger partial charge on any atom is -0.323 e. The Labute approximate surface area is 171 Å². The van der Waals surface area contributed by atoms with Crippen LogP contribution in [0.1, 0.15) is 6.92 Å². The van der Waals surface area contributed by atoms with Gasteiger partial charge in [0.25, 0.3) is 10.0 Å². The Kier molecular flexibility index (Phi) is 5.74. The van der Waals surface area contributed by atoms with Crippen LogP contribution in [0.2, 0.25) is 10.0 Å². The molecule has 0 bridgehead atoms. The first-order valence-electron chi connectivity index (χ1n) is 7.91. The van der Waals surface area contributed by atoms with Crippen LogP contribution in [0.25, 0.3) is 10.9 Å². The molecule has 0 spiro atoms. The Hall–Kier alpha value is -1.67. The highest BCUT2D eigenvalue weighted by Gasteiger charge is 2.39. The van der Waals surface area contributed by atoms with Crippen LogP contribution in [0.5, 0.6) is 0 Å². The lowest BCUT2D eigenvalue weighted by molar-refractivity contribution is 0.361. The number of pyridine rings is 1. The fourth-order valence-corrected chi connectivity index (χ4v) is 6.06. The van der Waals surface area contributed by atoms with E-state index >= 15 is 0 Å². The molecule has 2 aromatic carbocycles. The molecule has 148 valence electrons. The molecule has 0 saturated carbocycles.